The predicted octanol–water partition coefficient (Wildman–Crippen LogP) is 5.24. The lowest BCUT2D eigenvalue weighted by molar-refractivity contribution is -0.137. The summed E-state index contributed by atoms with van der Waals surface area (Å²) in [7, 11) is 0. The van der Waals surface area contributed by atoms with Crippen LogP contribution in [0.15, 0.2) is 42.5 Å². The lowest BCUT2D eigenvalue weighted by Gasteiger charge is -2.15. The van der Waals surface area contributed by atoms with Crippen LogP contribution in [0.2, 0.25) is 0 Å². The molecule has 0 spiro atoms. The van der Waals surface area contributed by atoms with E-state index in [4.69, 9.17) is 0 Å². The van der Waals surface area contributed by atoms with Crippen LogP contribution in [0.5, 0.6) is 0 Å². The van der Waals surface area contributed by atoms with Crippen molar-refractivity contribution in [3.05, 3.63) is 64.7 Å². The molecule has 0 aliphatic carbocycles. The highest BCUT2D eigenvalue weighted by Gasteiger charge is 2.34. The first-order chi connectivity index (χ1) is 11.7. The molecule has 0 fully saturated rings. The van der Waals surface area contributed by atoms with Crippen LogP contribution in [0, 0.1) is 13.8 Å². The van der Waals surface area contributed by atoms with E-state index in [2.05, 4.69) is 4.98 Å². The van der Waals surface area contributed by atoms with Gasteiger partial charge in [-0.3, -0.25) is 0 Å². The highest BCUT2D eigenvalue weighted by Crippen LogP contribution is 2.38. The van der Waals surface area contributed by atoms with Gasteiger partial charge in [-0.1, -0.05) is 30.3 Å². The lowest BCUT2D eigenvalue weighted by Crippen LogP contribution is -2.08. The number of rotatable bonds is 2. The monoisotopic (exact) mass is 345 g/mol. The fourth-order valence-electron chi connectivity index (χ4n) is 2.90. The van der Waals surface area contributed by atoms with Crippen molar-refractivity contribution < 1.29 is 23.1 Å². The maximum atomic E-state index is 13.3. The molecule has 6 heteroatoms. The first-order valence-electron chi connectivity index (χ1n) is 7.51. The highest BCUT2D eigenvalue weighted by atomic mass is 19.4. The van der Waals surface area contributed by atoms with Crippen molar-refractivity contribution in [3.63, 3.8) is 0 Å². The highest BCUT2D eigenvalue weighted by molar-refractivity contribution is 6.06. The molecule has 0 unspecified atom stereocenters. The standard InChI is InChI=1S/C19H14F3NO2/c1-10-7-8-11(2)17-16(10)13(18(24)25)9-15(23-17)12-5-3-4-6-14(12)19(20,21)22/h3-9H,1-2H3,(H,24,25). The van der Waals surface area contributed by atoms with E-state index in [9.17, 15) is 23.1 Å². The number of aromatic nitrogens is 1. The summed E-state index contributed by atoms with van der Waals surface area (Å²) < 4.78 is 39.9. The summed E-state index contributed by atoms with van der Waals surface area (Å²) >= 11 is 0. The minimum atomic E-state index is -4.56. The fraction of sp³-hybridized carbons (Fsp3) is 0.158. The SMILES string of the molecule is Cc1ccc(C)c2c(C(=O)O)cc(-c3ccccc3C(F)(F)F)nc12. The van der Waals surface area contributed by atoms with Crippen LogP contribution in [0.4, 0.5) is 13.2 Å². The molecule has 128 valence electrons. The Morgan fingerprint density at radius 1 is 1.04 bits per heavy atom. The molecule has 3 nitrogen and oxygen atoms in total. The van der Waals surface area contributed by atoms with E-state index >= 15 is 0 Å². The number of nitrogens with zero attached hydrogens (tertiary/aromatic N) is 1. The number of fused-ring (bicyclic) bond motifs is 1. The molecule has 0 aliphatic rings. The van der Waals surface area contributed by atoms with Gasteiger partial charge in [-0.15, -0.1) is 0 Å². The average molecular weight is 345 g/mol. The minimum absolute atomic E-state index is 0.00785. The third-order valence-corrected chi connectivity index (χ3v) is 4.11. The van der Waals surface area contributed by atoms with Gasteiger partial charge >= 0.3 is 12.1 Å². The largest absolute Gasteiger partial charge is 0.478 e. The van der Waals surface area contributed by atoms with Crippen molar-refractivity contribution >= 4 is 16.9 Å². The number of carboxylic acids is 1. The van der Waals surface area contributed by atoms with Gasteiger partial charge in [0.15, 0.2) is 0 Å². The second kappa shape index (κ2) is 5.88. The molecule has 3 rings (SSSR count). The molecule has 0 saturated carbocycles. The number of hydrogen-bond donors (Lipinski definition) is 1. The second-order valence-electron chi connectivity index (χ2n) is 5.83. The van der Waals surface area contributed by atoms with Crippen molar-refractivity contribution in [1.29, 1.82) is 0 Å². The van der Waals surface area contributed by atoms with Crippen LogP contribution in [0.25, 0.3) is 22.2 Å². The molecule has 0 amide bonds. The summed E-state index contributed by atoms with van der Waals surface area (Å²) in [6.07, 6.45) is -4.56. The van der Waals surface area contributed by atoms with E-state index in [0.717, 1.165) is 6.07 Å². The number of pyridine rings is 1. The molecule has 0 radical (unpaired) electrons. The van der Waals surface area contributed by atoms with Crippen LogP contribution in [-0.2, 0) is 6.18 Å². The van der Waals surface area contributed by atoms with Crippen LogP contribution in [0.1, 0.15) is 27.0 Å². The van der Waals surface area contributed by atoms with E-state index in [1.54, 1.807) is 26.0 Å². The topological polar surface area (TPSA) is 50.2 Å². The van der Waals surface area contributed by atoms with Crippen LogP contribution in [-0.4, -0.2) is 16.1 Å². The third-order valence-electron chi connectivity index (χ3n) is 4.11. The average Bonchev–Trinajstić information content (AvgIpc) is 2.56. The van der Waals surface area contributed by atoms with Gasteiger partial charge in [0, 0.05) is 10.9 Å². The Labute approximate surface area is 141 Å². The summed E-state index contributed by atoms with van der Waals surface area (Å²) in [5.74, 6) is -1.20. The zero-order valence-electron chi connectivity index (χ0n) is 13.5. The van der Waals surface area contributed by atoms with E-state index in [-0.39, 0.29) is 16.8 Å². The maximum absolute atomic E-state index is 13.3. The number of halogens is 3. The Kier molecular flexibility index (Phi) is 3.99. The molecular formula is C19H14F3NO2. The van der Waals surface area contributed by atoms with Crippen LogP contribution < -0.4 is 0 Å². The van der Waals surface area contributed by atoms with Crippen molar-refractivity contribution in [3.8, 4) is 11.3 Å². The quantitative estimate of drug-likeness (QED) is 0.691. The van der Waals surface area contributed by atoms with E-state index in [0.29, 0.717) is 22.0 Å². The maximum Gasteiger partial charge on any atom is 0.417 e. The van der Waals surface area contributed by atoms with Gasteiger partial charge in [-0.25, -0.2) is 9.78 Å². The Hall–Kier alpha value is -2.89. The van der Waals surface area contributed by atoms with Crippen LogP contribution in [0.3, 0.4) is 0 Å². The van der Waals surface area contributed by atoms with Crippen molar-refractivity contribution in [2.75, 3.05) is 0 Å². The van der Waals surface area contributed by atoms with E-state index in [1.165, 1.54) is 24.3 Å². The van der Waals surface area contributed by atoms with E-state index < -0.39 is 17.7 Å². The summed E-state index contributed by atoms with van der Waals surface area (Å²) in [6.45, 7) is 3.50. The predicted molar refractivity (Wildman–Crippen MR) is 88.6 cm³/mol. The molecule has 2 aromatic carbocycles. The summed E-state index contributed by atoms with van der Waals surface area (Å²) in [4.78, 5) is 16.1. The number of carboxylic acid groups (broad SMARTS) is 1. The van der Waals surface area contributed by atoms with Crippen molar-refractivity contribution in [1.82, 2.24) is 4.98 Å². The molecule has 0 atom stereocenters. The molecule has 3 aromatic rings. The molecule has 0 bridgehead atoms. The minimum Gasteiger partial charge on any atom is -0.478 e. The van der Waals surface area contributed by atoms with Gasteiger partial charge in [0.25, 0.3) is 0 Å². The van der Waals surface area contributed by atoms with Gasteiger partial charge in [0.1, 0.15) is 0 Å². The lowest BCUT2D eigenvalue weighted by atomic mass is 9.96. The third kappa shape index (κ3) is 2.95. The number of alkyl halides is 3. The molecular weight excluding hydrogens is 331 g/mol. The molecule has 0 saturated heterocycles. The van der Waals surface area contributed by atoms with Gasteiger partial charge in [-0.05, 0) is 37.1 Å². The first kappa shape index (κ1) is 17.0. The summed E-state index contributed by atoms with van der Waals surface area (Å²) in [6, 6.07) is 9.78. The smallest absolute Gasteiger partial charge is 0.417 e. The number of hydrogen-bond acceptors (Lipinski definition) is 2. The summed E-state index contributed by atoms with van der Waals surface area (Å²) in [5.41, 5.74) is 0.760. The molecule has 1 heterocycles. The Balaban J connectivity index is 2.41. The van der Waals surface area contributed by atoms with Gasteiger partial charge in [0.05, 0.1) is 22.3 Å². The Morgan fingerprint density at radius 2 is 1.68 bits per heavy atom. The normalized spacial score (nSPS) is 11.7. The zero-order chi connectivity index (χ0) is 18.4. The molecule has 1 aromatic heterocycles. The number of benzene rings is 2. The van der Waals surface area contributed by atoms with Gasteiger partial charge in [-0.2, -0.15) is 13.2 Å². The fourth-order valence-corrected chi connectivity index (χ4v) is 2.90. The number of carbonyl (C=O) groups is 1. The van der Waals surface area contributed by atoms with Crippen molar-refractivity contribution in [2.24, 2.45) is 0 Å². The Morgan fingerprint density at radius 3 is 2.32 bits per heavy atom. The first-order valence-corrected chi connectivity index (χ1v) is 7.51. The Bertz CT molecular complexity index is 994. The molecule has 25 heavy (non-hydrogen) atoms. The number of aryl methyl sites for hydroxylation is 2. The van der Waals surface area contributed by atoms with Crippen molar-refractivity contribution in [2.45, 2.75) is 20.0 Å². The summed E-state index contributed by atoms with van der Waals surface area (Å²) in [5, 5.41) is 9.99. The van der Waals surface area contributed by atoms with Gasteiger partial charge in [0.2, 0.25) is 0 Å². The van der Waals surface area contributed by atoms with Gasteiger partial charge < -0.3 is 5.11 Å². The van der Waals surface area contributed by atoms with Crippen LogP contribution >= 0.6 is 0 Å². The molecule has 1 N–H and O–H groups in total. The molecule has 0 aliphatic heterocycles. The van der Waals surface area contributed by atoms with E-state index in [1.807, 2.05) is 0 Å². The zero-order valence-corrected chi connectivity index (χ0v) is 13.5. The second-order valence-corrected chi connectivity index (χ2v) is 5.83. The number of aromatic carboxylic acids is 1.